The second-order valence-electron chi connectivity index (χ2n) is 3.66. The minimum absolute atomic E-state index is 0.0510. The minimum atomic E-state index is -0.134. The summed E-state index contributed by atoms with van der Waals surface area (Å²) in [4.78, 5) is 22.1. The van der Waals surface area contributed by atoms with Gasteiger partial charge in [-0.05, 0) is 19.3 Å². The second kappa shape index (κ2) is 7.35. The molecule has 0 rings (SSSR count). The summed E-state index contributed by atoms with van der Waals surface area (Å²) in [7, 11) is 0. The van der Waals surface area contributed by atoms with E-state index in [4.69, 9.17) is 0 Å². The molecule has 2 N–H and O–H groups in total. The van der Waals surface area contributed by atoms with Crippen LogP contribution in [-0.2, 0) is 9.59 Å². The standard InChI is InChI=1S/C10H20N2O2/c1-4-11-10(14)7-12-9(13)6-5-8(2)3/h8H,4-7H2,1-3H3,(H,11,14)(H,12,13). The highest BCUT2D eigenvalue weighted by molar-refractivity contribution is 5.84. The second-order valence-corrected chi connectivity index (χ2v) is 3.66. The summed E-state index contributed by atoms with van der Waals surface area (Å²) in [5.41, 5.74) is 0. The van der Waals surface area contributed by atoms with E-state index in [0.717, 1.165) is 6.42 Å². The van der Waals surface area contributed by atoms with Gasteiger partial charge in [-0.1, -0.05) is 13.8 Å². The maximum absolute atomic E-state index is 11.2. The van der Waals surface area contributed by atoms with Crippen LogP contribution in [0.2, 0.25) is 0 Å². The van der Waals surface area contributed by atoms with Crippen LogP contribution in [0.5, 0.6) is 0 Å². The Morgan fingerprint density at radius 3 is 2.29 bits per heavy atom. The third-order valence-electron chi connectivity index (χ3n) is 1.77. The van der Waals surface area contributed by atoms with Gasteiger partial charge in [-0.2, -0.15) is 0 Å². The molecule has 0 aromatic rings. The van der Waals surface area contributed by atoms with E-state index in [9.17, 15) is 9.59 Å². The van der Waals surface area contributed by atoms with Crippen molar-refractivity contribution < 1.29 is 9.59 Å². The Morgan fingerprint density at radius 2 is 1.79 bits per heavy atom. The third kappa shape index (κ3) is 7.58. The van der Waals surface area contributed by atoms with Crippen LogP contribution in [0.4, 0.5) is 0 Å². The first-order valence-electron chi connectivity index (χ1n) is 5.09. The molecule has 0 atom stereocenters. The monoisotopic (exact) mass is 200 g/mol. The summed E-state index contributed by atoms with van der Waals surface area (Å²) in [5.74, 6) is 0.334. The zero-order valence-electron chi connectivity index (χ0n) is 9.22. The van der Waals surface area contributed by atoms with Gasteiger partial charge in [-0.3, -0.25) is 9.59 Å². The van der Waals surface area contributed by atoms with Crippen molar-refractivity contribution >= 4 is 11.8 Å². The summed E-state index contributed by atoms with van der Waals surface area (Å²) >= 11 is 0. The van der Waals surface area contributed by atoms with Crippen molar-refractivity contribution in [3.63, 3.8) is 0 Å². The van der Waals surface area contributed by atoms with Gasteiger partial charge in [0.1, 0.15) is 0 Å². The Bertz CT molecular complexity index is 191. The van der Waals surface area contributed by atoms with Crippen LogP contribution in [0.25, 0.3) is 0 Å². The van der Waals surface area contributed by atoms with Crippen LogP contribution in [0.15, 0.2) is 0 Å². The summed E-state index contributed by atoms with van der Waals surface area (Å²) < 4.78 is 0. The average molecular weight is 200 g/mol. The Hall–Kier alpha value is -1.06. The molecule has 0 aromatic carbocycles. The van der Waals surface area contributed by atoms with Crippen LogP contribution in [0, 0.1) is 5.92 Å². The molecule has 4 heteroatoms. The molecule has 0 saturated carbocycles. The fourth-order valence-electron chi connectivity index (χ4n) is 0.947. The van der Waals surface area contributed by atoms with Crippen molar-refractivity contribution in [1.82, 2.24) is 10.6 Å². The van der Waals surface area contributed by atoms with E-state index in [-0.39, 0.29) is 18.4 Å². The smallest absolute Gasteiger partial charge is 0.239 e. The molecule has 2 amide bonds. The number of rotatable bonds is 6. The van der Waals surface area contributed by atoms with Gasteiger partial charge in [0, 0.05) is 13.0 Å². The van der Waals surface area contributed by atoms with Crippen molar-refractivity contribution in [3.05, 3.63) is 0 Å². The van der Waals surface area contributed by atoms with Crippen LogP contribution < -0.4 is 10.6 Å². The molecular weight excluding hydrogens is 180 g/mol. The molecule has 0 heterocycles. The molecule has 0 spiro atoms. The van der Waals surface area contributed by atoms with Crippen molar-refractivity contribution in [3.8, 4) is 0 Å². The van der Waals surface area contributed by atoms with Crippen LogP contribution in [0.3, 0.4) is 0 Å². The van der Waals surface area contributed by atoms with Gasteiger partial charge < -0.3 is 10.6 Å². The van der Waals surface area contributed by atoms with Crippen molar-refractivity contribution in [2.45, 2.75) is 33.6 Å². The fourth-order valence-corrected chi connectivity index (χ4v) is 0.947. The van der Waals surface area contributed by atoms with E-state index in [0.29, 0.717) is 18.9 Å². The molecule has 0 unspecified atom stereocenters. The van der Waals surface area contributed by atoms with E-state index in [2.05, 4.69) is 24.5 Å². The summed E-state index contributed by atoms with van der Waals surface area (Å²) in [6, 6.07) is 0. The van der Waals surface area contributed by atoms with Crippen molar-refractivity contribution in [2.75, 3.05) is 13.1 Å². The molecule has 0 saturated heterocycles. The predicted molar refractivity (Wildman–Crippen MR) is 55.8 cm³/mol. The summed E-state index contributed by atoms with van der Waals surface area (Å²) in [5, 5.41) is 5.18. The van der Waals surface area contributed by atoms with E-state index in [1.807, 2.05) is 6.92 Å². The molecule has 0 aromatic heterocycles. The van der Waals surface area contributed by atoms with Gasteiger partial charge in [0.25, 0.3) is 0 Å². The SMILES string of the molecule is CCNC(=O)CNC(=O)CCC(C)C. The lowest BCUT2D eigenvalue weighted by molar-refractivity contribution is -0.126. The zero-order chi connectivity index (χ0) is 11.0. The highest BCUT2D eigenvalue weighted by atomic mass is 16.2. The Morgan fingerprint density at radius 1 is 1.14 bits per heavy atom. The lowest BCUT2D eigenvalue weighted by Gasteiger charge is -2.06. The number of carbonyl (C=O) groups is 2. The highest BCUT2D eigenvalue weighted by Gasteiger charge is 2.05. The van der Waals surface area contributed by atoms with Gasteiger partial charge in [0.15, 0.2) is 0 Å². The molecule has 0 aliphatic heterocycles. The first kappa shape index (κ1) is 12.9. The van der Waals surface area contributed by atoms with E-state index in [1.165, 1.54) is 0 Å². The largest absolute Gasteiger partial charge is 0.355 e. The van der Waals surface area contributed by atoms with Crippen molar-refractivity contribution in [1.29, 1.82) is 0 Å². The van der Waals surface area contributed by atoms with Gasteiger partial charge in [0.2, 0.25) is 11.8 Å². The zero-order valence-corrected chi connectivity index (χ0v) is 9.22. The molecule has 0 aliphatic carbocycles. The Balaban J connectivity index is 3.48. The topological polar surface area (TPSA) is 58.2 Å². The lowest BCUT2D eigenvalue weighted by atomic mass is 10.1. The van der Waals surface area contributed by atoms with Gasteiger partial charge in [-0.25, -0.2) is 0 Å². The normalized spacial score (nSPS) is 10.0. The number of nitrogens with one attached hydrogen (secondary N) is 2. The molecule has 0 radical (unpaired) electrons. The van der Waals surface area contributed by atoms with Crippen molar-refractivity contribution in [2.24, 2.45) is 5.92 Å². The number of amides is 2. The molecule has 82 valence electrons. The van der Waals surface area contributed by atoms with E-state index in [1.54, 1.807) is 0 Å². The summed E-state index contributed by atoms with van der Waals surface area (Å²) in [6.07, 6.45) is 1.36. The number of likely N-dealkylation sites (N-methyl/N-ethyl adjacent to an activating group) is 1. The Kier molecular flexibility index (Phi) is 6.80. The number of carbonyl (C=O) groups excluding carboxylic acids is 2. The fraction of sp³-hybridized carbons (Fsp3) is 0.800. The van der Waals surface area contributed by atoms with Gasteiger partial charge in [-0.15, -0.1) is 0 Å². The molecule has 14 heavy (non-hydrogen) atoms. The average Bonchev–Trinajstić information content (AvgIpc) is 2.12. The third-order valence-corrected chi connectivity index (χ3v) is 1.77. The van der Waals surface area contributed by atoms with E-state index < -0.39 is 0 Å². The number of hydrogen-bond donors (Lipinski definition) is 2. The molecule has 4 nitrogen and oxygen atoms in total. The highest BCUT2D eigenvalue weighted by Crippen LogP contribution is 2.02. The number of hydrogen-bond acceptors (Lipinski definition) is 2. The maximum atomic E-state index is 11.2. The first-order valence-corrected chi connectivity index (χ1v) is 5.09. The van der Waals surface area contributed by atoms with Gasteiger partial charge in [0.05, 0.1) is 6.54 Å². The predicted octanol–water partition coefficient (Wildman–Crippen LogP) is 0.675. The molecule has 0 bridgehead atoms. The molecule has 0 fully saturated rings. The first-order chi connectivity index (χ1) is 6.56. The maximum Gasteiger partial charge on any atom is 0.239 e. The molecule has 0 aliphatic rings. The molecular formula is C10H20N2O2. The van der Waals surface area contributed by atoms with Crippen LogP contribution in [0.1, 0.15) is 33.6 Å². The summed E-state index contributed by atoms with van der Waals surface area (Å²) in [6.45, 7) is 6.66. The lowest BCUT2D eigenvalue weighted by Crippen LogP contribution is -2.36. The van der Waals surface area contributed by atoms with E-state index >= 15 is 0 Å². The van der Waals surface area contributed by atoms with Crippen LogP contribution >= 0.6 is 0 Å². The Labute approximate surface area is 85.4 Å². The van der Waals surface area contributed by atoms with Gasteiger partial charge >= 0.3 is 0 Å². The van der Waals surface area contributed by atoms with Crippen LogP contribution in [-0.4, -0.2) is 24.9 Å². The minimum Gasteiger partial charge on any atom is -0.355 e. The quantitative estimate of drug-likeness (QED) is 0.662.